The molecule has 0 atom stereocenters. The SMILES string of the molecule is O=Cc1ccc(Sc2ccncc2)s1. The van der Waals surface area contributed by atoms with Crippen LogP contribution < -0.4 is 0 Å². The Morgan fingerprint density at radius 1 is 1.21 bits per heavy atom. The summed E-state index contributed by atoms with van der Waals surface area (Å²) in [6.45, 7) is 0. The Morgan fingerprint density at radius 3 is 2.64 bits per heavy atom. The maximum absolute atomic E-state index is 10.5. The van der Waals surface area contributed by atoms with Crippen LogP contribution in [0.5, 0.6) is 0 Å². The molecule has 0 saturated carbocycles. The molecule has 0 amide bonds. The molecule has 2 nitrogen and oxygen atoms in total. The summed E-state index contributed by atoms with van der Waals surface area (Å²) in [4.78, 5) is 16.3. The van der Waals surface area contributed by atoms with Crippen molar-refractivity contribution in [1.82, 2.24) is 4.98 Å². The molecule has 0 radical (unpaired) electrons. The third kappa shape index (κ3) is 2.21. The van der Waals surface area contributed by atoms with Gasteiger partial charge in [-0.2, -0.15) is 0 Å². The quantitative estimate of drug-likeness (QED) is 0.746. The maximum atomic E-state index is 10.5. The molecule has 2 aromatic heterocycles. The minimum absolute atomic E-state index is 0.765. The molecule has 0 aromatic carbocycles. The van der Waals surface area contributed by atoms with E-state index in [0.717, 1.165) is 20.3 Å². The molecule has 0 fully saturated rings. The van der Waals surface area contributed by atoms with Crippen molar-refractivity contribution in [3.8, 4) is 0 Å². The van der Waals surface area contributed by atoms with Crippen molar-refractivity contribution in [2.24, 2.45) is 0 Å². The highest BCUT2D eigenvalue weighted by Gasteiger charge is 2.00. The first-order valence-corrected chi connectivity index (χ1v) is 5.64. The lowest BCUT2D eigenvalue weighted by atomic mass is 10.5. The number of hydrogen-bond acceptors (Lipinski definition) is 4. The number of carbonyl (C=O) groups is 1. The molecular weight excluding hydrogens is 214 g/mol. The van der Waals surface area contributed by atoms with E-state index >= 15 is 0 Å². The molecule has 0 saturated heterocycles. The van der Waals surface area contributed by atoms with E-state index in [4.69, 9.17) is 0 Å². The van der Waals surface area contributed by atoms with Crippen LogP contribution in [0.4, 0.5) is 0 Å². The first-order valence-electron chi connectivity index (χ1n) is 4.01. The summed E-state index contributed by atoms with van der Waals surface area (Å²) < 4.78 is 1.12. The number of thiophene rings is 1. The molecule has 2 rings (SSSR count). The van der Waals surface area contributed by atoms with Crippen LogP contribution in [0, 0.1) is 0 Å². The highest BCUT2D eigenvalue weighted by atomic mass is 32.2. The summed E-state index contributed by atoms with van der Waals surface area (Å²) >= 11 is 3.15. The average molecular weight is 221 g/mol. The van der Waals surface area contributed by atoms with Gasteiger partial charge < -0.3 is 0 Å². The summed E-state index contributed by atoms with van der Waals surface area (Å²) in [5.41, 5.74) is 0. The van der Waals surface area contributed by atoms with Gasteiger partial charge in [0.25, 0.3) is 0 Å². The predicted octanol–water partition coefficient (Wildman–Crippen LogP) is 3.11. The van der Waals surface area contributed by atoms with Gasteiger partial charge in [-0.3, -0.25) is 9.78 Å². The molecule has 14 heavy (non-hydrogen) atoms. The molecule has 0 N–H and O–H groups in total. The van der Waals surface area contributed by atoms with Gasteiger partial charge in [0.1, 0.15) is 0 Å². The zero-order chi connectivity index (χ0) is 9.80. The Balaban J connectivity index is 2.15. The predicted molar refractivity (Wildman–Crippen MR) is 58.1 cm³/mol. The van der Waals surface area contributed by atoms with Gasteiger partial charge in [-0.05, 0) is 24.3 Å². The summed E-state index contributed by atoms with van der Waals surface area (Å²) in [5.74, 6) is 0. The third-order valence-electron chi connectivity index (χ3n) is 1.59. The number of nitrogens with zero attached hydrogens (tertiary/aromatic N) is 1. The van der Waals surface area contributed by atoms with Crippen LogP contribution in [0.2, 0.25) is 0 Å². The molecular formula is C10H7NOS2. The van der Waals surface area contributed by atoms with E-state index in [9.17, 15) is 4.79 Å². The van der Waals surface area contributed by atoms with Gasteiger partial charge >= 0.3 is 0 Å². The smallest absolute Gasteiger partial charge is 0.160 e. The van der Waals surface area contributed by atoms with E-state index in [1.54, 1.807) is 24.2 Å². The average Bonchev–Trinajstić information content (AvgIpc) is 2.67. The van der Waals surface area contributed by atoms with Crippen molar-refractivity contribution in [2.45, 2.75) is 9.10 Å². The minimum Gasteiger partial charge on any atom is -0.297 e. The first-order chi connectivity index (χ1) is 6.88. The molecule has 0 unspecified atom stereocenters. The van der Waals surface area contributed by atoms with Gasteiger partial charge in [0.2, 0.25) is 0 Å². The second-order valence-electron chi connectivity index (χ2n) is 2.56. The maximum Gasteiger partial charge on any atom is 0.160 e. The zero-order valence-corrected chi connectivity index (χ0v) is 8.85. The fraction of sp³-hybridized carbons (Fsp3) is 0. The third-order valence-corrected chi connectivity index (χ3v) is 3.74. The Kier molecular flexibility index (Phi) is 2.96. The molecule has 70 valence electrons. The van der Waals surface area contributed by atoms with Crippen molar-refractivity contribution in [3.05, 3.63) is 41.5 Å². The number of aldehydes is 1. The largest absolute Gasteiger partial charge is 0.297 e. The van der Waals surface area contributed by atoms with Crippen LogP contribution in [-0.4, -0.2) is 11.3 Å². The lowest BCUT2D eigenvalue weighted by Crippen LogP contribution is -1.70. The molecule has 2 aromatic rings. The van der Waals surface area contributed by atoms with Crippen LogP contribution in [-0.2, 0) is 0 Å². The van der Waals surface area contributed by atoms with Gasteiger partial charge in [0.15, 0.2) is 6.29 Å². The van der Waals surface area contributed by atoms with Crippen molar-refractivity contribution in [3.63, 3.8) is 0 Å². The molecule has 4 heteroatoms. The standard InChI is InChI=1S/C10H7NOS2/c12-7-9-1-2-10(14-9)13-8-3-5-11-6-4-8/h1-7H. The second kappa shape index (κ2) is 4.39. The van der Waals surface area contributed by atoms with Gasteiger partial charge in [0, 0.05) is 17.3 Å². The van der Waals surface area contributed by atoms with E-state index < -0.39 is 0 Å². The van der Waals surface area contributed by atoms with E-state index in [0.29, 0.717) is 0 Å². The van der Waals surface area contributed by atoms with Gasteiger partial charge in [-0.1, -0.05) is 11.8 Å². The molecule has 0 aliphatic heterocycles. The molecule has 0 aliphatic carbocycles. The molecule has 2 heterocycles. The minimum atomic E-state index is 0.765. The fourth-order valence-corrected chi connectivity index (χ4v) is 2.90. The zero-order valence-electron chi connectivity index (χ0n) is 7.21. The van der Waals surface area contributed by atoms with Crippen molar-refractivity contribution >= 4 is 29.4 Å². The molecule has 0 spiro atoms. The highest BCUT2D eigenvalue weighted by molar-refractivity contribution is 8.01. The second-order valence-corrected chi connectivity index (χ2v) is 5.05. The number of rotatable bonds is 3. The van der Waals surface area contributed by atoms with E-state index in [2.05, 4.69) is 4.98 Å². The fourth-order valence-electron chi connectivity index (χ4n) is 0.975. The van der Waals surface area contributed by atoms with Gasteiger partial charge in [-0.15, -0.1) is 11.3 Å². The number of aromatic nitrogens is 1. The van der Waals surface area contributed by atoms with E-state index in [1.807, 2.05) is 24.3 Å². The Bertz CT molecular complexity index is 425. The summed E-state index contributed by atoms with van der Waals surface area (Å²) in [6, 6.07) is 7.69. The number of pyridine rings is 1. The summed E-state index contributed by atoms with van der Waals surface area (Å²) in [7, 11) is 0. The Morgan fingerprint density at radius 2 is 2.00 bits per heavy atom. The van der Waals surface area contributed by atoms with Crippen molar-refractivity contribution in [2.75, 3.05) is 0 Å². The van der Waals surface area contributed by atoms with Crippen LogP contribution in [0.15, 0.2) is 45.8 Å². The van der Waals surface area contributed by atoms with Crippen LogP contribution in [0.25, 0.3) is 0 Å². The topological polar surface area (TPSA) is 30.0 Å². The van der Waals surface area contributed by atoms with Gasteiger partial charge in [-0.25, -0.2) is 0 Å². The Labute approximate surface area is 90.0 Å². The van der Waals surface area contributed by atoms with Crippen LogP contribution in [0.3, 0.4) is 0 Å². The monoisotopic (exact) mass is 221 g/mol. The van der Waals surface area contributed by atoms with Crippen LogP contribution in [0.1, 0.15) is 9.67 Å². The molecule has 0 aliphatic rings. The lowest BCUT2D eigenvalue weighted by molar-refractivity contribution is 0.112. The van der Waals surface area contributed by atoms with E-state index in [1.165, 1.54) is 11.3 Å². The lowest BCUT2D eigenvalue weighted by Gasteiger charge is -1.95. The van der Waals surface area contributed by atoms with Gasteiger partial charge in [0.05, 0.1) is 9.09 Å². The van der Waals surface area contributed by atoms with Crippen molar-refractivity contribution < 1.29 is 4.79 Å². The highest BCUT2D eigenvalue weighted by Crippen LogP contribution is 2.32. The first kappa shape index (κ1) is 9.43. The number of carbonyl (C=O) groups excluding carboxylic acids is 1. The van der Waals surface area contributed by atoms with Crippen molar-refractivity contribution in [1.29, 1.82) is 0 Å². The molecule has 0 bridgehead atoms. The Hall–Kier alpha value is -1.13. The normalized spacial score (nSPS) is 10.0. The van der Waals surface area contributed by atoms with E-state index in [-0.39, 0.29) is 0 Å². The number of hydrogen-bond donors (Lipinski definition) is 0. The summed E-state index contributed by atoms with van der Waals surface area (Å²) in [5, 5.41) is 0. The van der Waals surface area contributed by atoms with Crippen LogP contribution >= 0.6 is 23.1 Å². The summed E-state index contributed by atoms with van der Waals surface area (Å²) in [6.07, 6.45) is 4.40.